The number of hydrogen-bond donors (Lipinski definition) is 1. The molecular weight excluding hydrogens is 228 g/mol. The summed E-state index contributed by atoms with van der Waals surface area (Å²) in [6.45, 7) is 1.04. The Balaban J connectivity index is 1.42. The minimum Gasteiger partial charge on any atom is -0.362 e. The van der Waals surface area contributed by atoms with E-state index in [2.05, 4.69) is 5.32 Å². The zero-order chi connectivity index (χ0) is 11.5. The number of nitrogens with one attached hydrogen (secondary N) is 1. The van der Waals surface area contributed by atoms with Gasteiger partial charge in [-0.3, -0.25) is 4.99 Å². The lowest BCUT2D eigenvalue weighted by Crippen LogP contribution is -2.46. The molecule has 3 aliphatic rings. The van der Waals surface area contributed by atoms with Crippen LogP contribution in [0.3, 0.4) is 0 Å². The molecule has 17 heavy (non-hydrogen) atoms. The highest BCUT2D eigenvalue weighted by molar-refractivity contribution is 8.13. The van der Waals surface area contributed by atoms with E-state index in [9.17, 15) is 0 Å². The molecule has 0 spiro atoms. The van der Waals surface area contributed by atoms with E-state index in [4.69, 9.17) is 4.99 Å². The Kier molecular flexibility index (Phi) is 3.94. The fourth-order valence-corrected chi connectivity index (χ4v) is 4.23. The highest BCUT2D eigenvalue weighted by atomic mass is 32.2. The summed E-state index contributed by atoms with van der Waals surface area (Å²) in [4.78, 5) is 4.74. The van der Waals surface area contributed by atoms with Crippen molar-refractivity contribution in [3.63, 3.8) is 0 Å². The van der Waals surface area contributed by atoms with Crippen LogP contribution in [0, 0.1) is 11.8 Å². The first-order valence-corrected chi connectivity index (χ1v) is 8.34. The number of rotatable bonds is 4. The lowest BCUT2D eigenvalue weighted by molar-refractivity contribution is 0.311. The van der Waals surface area contributed by atoms with Crippen molar-refractivity contribution in [2.45, 2.75) is 57.4 Å². The molecule has 2 atom stereocenters. The number of amidine groups is 1. The van der Waals surface area contributed by atoms with Gasteiger partial charge in [0.1, 0.15) is 0 Å². The van der Waals surface area contributed by atoms with Crippen molar-refractivity contribution in [3.8, 4) is 0 Å². The highest BCUT2D eigenvalue weighted by Gasteiger charge is 2.30. The van der Waals surface area contributed by atoms with E-state index in [1.54, 1.807) is 0 Å². The maximum absolute atomic E-state index is 4.74. The van der Waals surface area contributed by atoms with Gasteiger partial charge in [-0.2, -0.15) is 0 Å². The molecule has 1 aliphatic heterocycles. The molecule has 2 saturated carbocycles. The lowest BCUT2D eigenvalue weighted by Gasteiger charge is -2.36. The molecule has 0 bridgehead atoms. The van der Waals surface area contributed by atoms with Crippen molar-refractivity contribution in [2.24, 2.45) is 16.8 Å². The Labute approximate surface area is 109 Å². The van der Waals surface area contributed by atoms with Gasteiger partial charge in [0.15, 0.2) is 5.17 Å². The summed E-state index contributed by atoms with van der Waals surface area (Å²) in [5.41, 5.74) is 0. The van der Waals surface area contributed by atoms with E-state index in [1.807, 2.05) is 11.8 Å². The largest absolute Gasteiger partial charge is 0.362 e. The van der Waals surface area contributed by atoms with Gasteiger partial charge in [-0.05, 0) is 37.5 Å². The molecule has 3 heteroatoms. The van der Waals surface area contributed by atoms with Crippen LogP contribution in [-0.2, 0) is 0 Å². The van der Waals surface area contributed by atoms with Crippen LogP contribution >= 0.6 is 11.8 Å². The van der Waals surface area contributed by atoms with Crippen LogP contribution in [0.2, 0.25) is 0 Å². The van der Waals surface area contributed by atoms with Crippen LogP contribution in [0.25, 0.3) is 0 Å². The van der Waals surface area contributed by atoms with Crippen LogP contribution in [0.5, 0.6) is 0 Å². The summed E-state index contributed by atoms with van der Waals surface area (Å²) in [5.74, 6) is 3.28. The quantitative estimate of drug-likeness (QED) is 0.775. The average Bonchev–Trinajstić information content (AvgIpc) is 3.18. The van der Waals surface area contributed by atoms with E-state index in [1.165, 1.54) is 62.3 Å². The van der Waals surface area contributed by atoms with E-state index >= 15 is 0 Å². The number of nitrogens with zero attached hydrogens (tertiary/aromatic N) is 1. The topological polar surface area (TPSA) is 24.4 Å². The summed E-state index contributed by atoms with van der Waals surface area (Å²) in [6, 6.07) is 0.743. The minimum absolute atomic E-state index is 0.743. The van der Waals surface area contributed by atoms with E-state index in [-0.39, 0.29) is 0 Å². The first-order valence-electron chi connectivity index (χ1n) is 7.35. The predicted octanol–water partition coefficient (Wildman–Crippen LogP) is 3.43. The summed E-state index contributed by atoms with van der Waals surface area (Å²) in [7, 11) is 0. The molecule has 1 saturated heterocycles. The molecule has 1 N–H and O–H groups in total. The Morgan fingerprint density at radius 1 is 1.18 bits per heavy atom. The van der Waals surface area contributed by atoms with Crippen molar-refractivity contribution >= 4 is 16.9 Å². The normalized spacial score (nSPS) is 35.4. The zero-order valence-electron chi connectivity index (χ0n) is 10.7. The van der Waals surface area contributed by atoms with Gasteiger partial charge in [-0.25, -0.2) is 0 Å². The number of fused-ring (bicyclic) bond motifs is 1. The van der Waals surface area contributed by atoms with E-state index < -0.39 is 0 Å². The number of thioether (sulfide) groups is 1. The lowest BCUT2D eigenvalue weighted by atomic mass is 9.86. The first-order chi connectivity index (χ1) is 8.42. The third-order valence-electron chi connectivity index (χ3n) is 4.37. The smallest absolute Gasteiger partial charge is 0.156 e. The third-order valence-corrected chi connectivity index (χ3v) is 5.49. The van der Waals surface area contributed by atoms with Crippen molar-refractivity contribution in [2.75, 3.05) is 12.3 Å². The van der Waals surface area contributed by atoms with Gasteiger partial charge < -0.3 is 5.32 Å². The molecule has 2 unspecified atom stereocenters. The molecule has 2 aliphatic carbocycles. The third kappa shape index (κ3) is 3.40. The maximum Gasteiger partial charge on any atom is 0.156 e. The predicted molar refractivity (Wildman–Crippen MR) is 75.6 cm³/mol. The molecule has 3 rings (SSSR count). The Bertz CT molecular complexity index is 286. The van der Waals surface area contributed by atoms with Gasteiger partial charge >= 0.3 is 0 Å². The summed E-state index contributed by atoms with van der Waals surface area (Å²) in [6.07, 6.45) is 11.3. The van der Waals surface area contributed by atoms with E-state index in [0.29, 0.717) is 0 Å². The fraction of sp³-hybridized carbons (Fsp3) is 0.929. The van der Waals surface area contributed by atoms with Crippen LogP contribution in [0.15, 0.2) is 4.99 Å². The second-order valence-corrected chi connectivity index (χ2v) is 6.89. The fourth-order valence-electron chi connectivity index (χ4n) is 3.04. The van der Waals surface area contributed by atoms with Gasteiger partial charge in [-0.15, -0.1) is 0 Å². The van der Waals surface area contributed by atoms with Gasteiger partial charge in [0.25, 0.3) is 0 Å². The molecule has 0 aromatic carbocycles. The van der Waals surface area contributed by atoms with Gasteiger partial charge in [0.05, 0.1) is 0 Å². The summed E-state index contributed by atoms with van der Waals surface area (Å²) in [5, 5.41) is 4.91. The zero-order valence-corrected chi connectivity index (χ0v) is 11.5. The molecule has 0 radical (unpaired) electrons. The van der Waals surface area contributed by atoms with Gasteiger partial charge in [0.2, 0.25) is 0 Å². The molecular formula is C14H24N2S. The first kappa shape index (κ1) is 11.9. The summed E-state index contributed by atoms with van der Waals surface area (Å²) < 4.78 is 0. The van der Waals surface area contributed by atoms with Crippen LogP contribution in [-0.4, -0.2) is 23.5 Å². The minimum atomic E-state index is 0.743. The second kappa shape index (κ2) is 5.64. The second-order valence-electron chi connectivity index (χ2n) is 5.88. The average molecular weight is 252 g/mol. The van der Waals surface area contributed by atoms with Crippen molar-refractivity contribution < 1.29 is 0 Å². The molecule has 0 amide bonds. The van der Waals surface area contributed by atoms with Crippen molar-refractivity contribution in [1.29, 1.82) is 0 Å². The van der Waals surface area contributed by atoms with Gasteiger partial charge in [0, 0.05) is 18.3 Å². The molecule has 96 valence electrons. The maximum atomic E-state index is 4.74. The molecule has 0 aromatic rings. The van der Waals surface area contributed by atoms with Crippen LogP contribution in [0.1, 0.15) is 51.4 Å². The van der Waals surface area contributed by atoms with Crippen LogP contribution < -0.4 is 5.32 Å². The Morgan fingerprint density at radius 2 is 2.06 bits per heavy atom. The Hall–Kier alpha value is -0.180. The van der Waals surface area contributed by atoms with Crippen LogP contribution in [0.4, 0.5) is 0 Å². The molecule has 0 aromatic heterocycles. The Morgan fingerprint density at radius 3 is 2.94 bits per heavy atom. The standard InChI is InChI=1S/C14H24N2S/c1-2-6-13-12(5-1)10-17-14(16-13)15-9-3-4-11-7-8-11/h11-13H,1-10H2,(H,15,16). The monoisotopic (exact) mass is 252 g/mol. The summed E-state index contributed by atoms with van der Waals surface area (Å²) >= 11 is 1.96. The van der Waals surface area contributed by atoms with Crippen molar-refractivity contribution in [1.82, 2.24) is 5.32 Å². The molecule has 1 heterocycles. The van der Waals surface area contributed by atoms with Gasteiger partial charge in [-0.1, -0.05) is 37.4 Å². The SMILES string of the molecule is C(CN=C1NC2CCCCC2CS1)CC1CC1. The van der Waals surface area contributed by atoms with E-state index in [0.717, 1.165) is 24.4 Å². The molecule has 2 nitrogen and oxygen atoms in total. The number of hydrogen-bond acceptors (Lipinski definition) is 2. The number of aliphatic imine (C=N–C) groups is 1. The highest BCUT2D eigenvalue weighted by Crippen LogP contribution is 2.34. The molecule has 3 fully saturated rings. The van der Waals surface area contributed by atoms with Crippen molar-refractivity contribution in [3.05, 3.63) is 0 Å².